The molecule has 0 spiro atoms. The number of nitrogens with one attached hydrogen (secondary N) is 1. The van der Waals surface area contributed by atoms with E-state index in [1.807, 2.05) is 6.92 Å². The summed E-state index contributed by atoms with van der Waals surface area (Å²) in [5.74, 6) is 5.43. The molecule has 1 aliphatic carbocycles. The van der Waals surface area contributed by atoms with E-state index in [1.54, 1.807) is 25.1 Å². The maximum atomic E-state index is 13.9. The number of rotatable bonds is 5. The van der Waals surface area contributed by atoms with Crippen LogP contribution in [-0.2, 0) is 30.6 Å². The molecule has 1 aromatic carbocycles. The number of fused-ring (bicyclic) bond motifs is 3. The molecule has 12 nitrogen and oxygen atoms in total. The molecule has 0 radical (unpaired) electrons. The predicted octanol–water partition coefficient (Wildman–Crippen LogP) is 0.632. The number of anilines is 1. The summed E-state index contributed by atoms with van der Waals surface area (Å²) in [7, 11) is -0.591. The Bertz CT molecular complexity index is 1710. The number of nitrogens with zero attached hydrogens (tertiary/aromatic N) is 8. The quantitative estimate of drug-likeness (QED) is 0.488. The number of aryl methyl sites for hydroxylation is 2. The average molecular weight is 522 g/mol. The summed E-state index contributed by atoms with van der Waals surface area (Å²) in [5, 5.41) is 12.2. The molecule has 1 amide bonds. The van der Waals surface area contributed by atoms with Crippen molar-refractivity contribution < 1.29 is 16.0 Å². The van der Waals surface area contributed by atoms with Crippen LogP contribution in [0.2, 0.25) is 0 Å². The fourth-order valence-corrected chi connectivity index (χ4v) is 5.74. The molecule has 1 fully saturated rings. The molecule has 0 saturated heterocycles. The molecule has 13 heteroatoms. The van der Waals surface area contributed by atoms with Crippen LogP contribution in [-0.4, -0.2) is 68.1 Å². The first-order valence-corrected chi connectivity index (χ1v) is 13.1. The van der Waals surface area contributed by atoms with Gasteiger partial charge in [-0.2, -0.15) is 15.0 Å². The third-order valence-corrected chi connectivity index (χ3v) is 8.03. The molecule has 1 saturated carbocycles. The molecular weight excluding hydrogens is 494 g/mol. The number of guanidine groups is 1. The molecule has 6 rings (SSSR count). The van der Waals surface area contributed by atoms with Crippen molar-refractivity contribution in [1.29, 1.82) is 0 Å². The fourth-order valence-electron chi connectivity index (χ4n) is 4.25. The summed E-state index contributed by atoms with van der Waals surface area (Å²) in [6.45, 7) is -0.359. The Morgan fingerprint density at radius 1 is 1.24 bits per heavy atom. The number of aromatic nitrogens is 5. The summed E-state index contributed by atoms with van der Waals surface area (Å²) in [5.41, 5.74) is 0.509. The molecule has 1 atom stereocenters. The minimum atomic E-state index is -3.92. The van der Waals surface area contributed by atoms with E-state index >= 15 is 0 Å². The number of hydrogen-bond acceptors (Lipinski definition) is 8. The van der Waals surface area contributed by atoms with Crippen molar-refractivity contribution in [2.75, 3.05) is 11.4 Å². The SMILES string of the molecule is [2H]C([2H])(c1cnn(C)c1)N1C(=O)c2cc(S(=O)(=O)NC3(C)CC3)ccc2N2C1=NC[C@@H]2C#Cc1cnn(C)n1. The van der Waals surface area contributed by atoms with Crippen LogP contribution in [0.1, 0.15) is 44.1 Å². The Balaban J connectivity index is 1.46. The molecule has 4 heterocycles. The van der Waals surface area contributed by atoms with Gasteiger partial charge in [0.15, 0.2) is 5.69 Å². The van der Waals surface area contributed by atoms with E-state index in [2.05, 4.69) is 36.9 Å². The number of aliphatic imine (C=N–C) groups is 1. The highest BCUT2D eigenvalue weighted by Crippen LogP contribution is 2.38. The average Bonchev–Trinajstić information content (AvgIpc) is 3.25. The first kappa shape index (κ1) is 21.1. The van der Waals surface area contributed by atoms with Gasteiger partial charge in [-0.05, 0) is 43.9 Å². The van der Waals surface area contributed by atoms with Crippen molar-refractivity contribution >= 4 is 27.6 Å². The van der Waals surface area contributed by atoms with E-state index in [0.717, 1.165) is 17.7 Å². The Labute approximate surface area is 216 Å². The van der Waals surface area contributed by atoms with Crippen LogP contribution < -0.4 is 9.62 Å². The van der Waals surface area contributed by atoms with Gasteiger partial charge in [0.25, 0.3) is 5.91 Å². The minimum Gasteiger partial charge on any atom is -0.295 e. The van der Waals surface area contributed by atoms with Crippen molar-refractivity contribution in [3.63, 3.8) is 0 Å². The Kier molecular flexibility index (Phi) is 4.71. The molecular formula is C24H25N9O3S. The third-order valence-electron chi connectivity index (χ3n) is 6.40. The first-order chi connectivity index (χ1) is 18.4. The standard InChI is InChI=1S/C24H25N9O3S/c1-24(8-9-24)29-37(35,36)19-6-7-21-20(10-19)22(34)32(15-16-11-26-30(2)14-16)23-25-13-18(33(21)23)5-4-17-12-27-31(3)28-17/h6-7,10-12,14,18,29H,8-9,13,15H2,1-3H3/t18-/m0/s1/i15D2. The highest BCUT2D eigenvalue weighted by atomic mass is 32.2. The molecule has 0 bridgehead atoms. The lowest BCUT2D eigenvalue weighted by molar-refractivity contribution is 0.0833. The number of benzene rings is 1. The maximum absolute atomic E-state index is 13.9. The van der Waals surface area contributed by atoms with E-state index in [0.29, 0.717) is 11.4 Å². The highest BCUT2D eigenvalue weighted by Gasteiger charge is 2.44. The number of amides is 1. The molecule has 0 unspecified atom stereocenters. The Morgan fingerprint density at radius 2 is 2.05 bits per heavy atom. The summed E-state index contributed by atoms with van der Waals surface area (Å²) < 4.78 is 48.3. The highest BCUT2D eigenvalue weighted by molar-refractivity contribution is 7.89. The first-order valence-electron chi connectivity index (χ1n) is 12.6. The normalized spacial score (nSPS) is 20.9. The van der Waals surface area contributed by atoms with E-state index in [1.165, 1.54) is 40.2 Å². The van der Waals surface area contributed by atoms with Crippen molar-refractivity contribution in [2.24, 2.45) is 19.1 Å². The van der Waals surface area contributed by atoms with Gasteiger partial charge >= 0.3 is 0 Å². The summed E-state index contributed by atoms with van der Waals surface area (Å²) in [4.78, 5) is 22.4. The molecule has 2 aromatic heterocycles. The minimum absolute atomic E-state index is 0.0266. The zero-order valence-corrected chi connectivity index (χ0v) is 21.2. The monoisotopic (exact) mass is 521 g/mol. The number of carbonyl (C=O) groups is 1. The van der Waals surface area contributed by atoms with Gasteiger partial charge in [-0.1, -0.05) is 5.92 Å². The summed E-state index contributed by atoms with van der Waals surface area (Å²) in [6, 6.07) is 3.72. The second-order valence-corrected chi connectivity index (χ2v) is 11.2. The lowest BCUT2D eigenvalue weighted by atomic mass is 10.1. The van der Waals surface area contributed by atoms with Crippen LogP contribution in [0.4, 0.5) is 5.69 Å². The maximum Gasteiger partial charge on any atom is 0.263 e. The van der Waals surface area contributed by atoms with Gasteiger partial charge in [-0.25, -0.2) is 18.1 Å². The third kappa shape index (κ3) is 4.28. The van der Waals surface area contributed by atoms with Crippen molar-refractivity contribution in [3.05, 3.63) is 53.6 Å². The van der Waals surface area contributed by atoms with E-state index in [-0.39, 0.29) is 28.5 Å². The largest absolute Gasteiger partial charge is 0.295 e. The van der Waals surface area contributed by atoms with Crippen molar-refractivity contribution in [3.8, 4) is 11.8 Å². The number of hydrogen-bond donors (Lipinski definition) is 1. The van der Waals surface area contributed by atoms with Crippen LogP contribution >= 0.6 is 0 Å². The van der Waals surface area contributed by atoms with Gasteiger partial charge in [0.1, 0.15) is 6.04 Å². The van der Waals surface area contributed by atoms with Crippen molar-refractivity contribution in [2.45, 2.75) is 42.7 Å². The van der Waals surface area contributed by atoms with Crippen LogP contribution in [0.3, 0.4) is 0 Å². The Morgan fingerprint density at radius 3 is 2.73 bits per heavy atom. The summed E-state index contributed by atoms with van der Waals surface area (Å²) in [6.07, 6.45) is 5.81. The lowest BCUT2D eigenvalue weighted by Crippen LogP contribution is -2.52. The van der Waals surface area contributed by atoms with Crippen LogP contribution in [0.25, 0.3) is 0 Å². The molecule has 3 aliphatic rings. The van der Waals surface area contributed by atoms with Crippen LogP contribution in [0, 0.1) is 11.8 Å². The molecule has 1 N–H and O–H groups in total. The fraction of sp³-hybridized carbons (Fsp3) is 0.375. The zero-order valence-electron chi connectivity index (χ0n) is 22.4. The smallest absolute Gasteiger partial charge is 0.263 e. The van der Waals surface area contributed by atoms with E-state index < -0.39 is 34.0 Å². The zero-order chi connectivity index (χ0) is 27.7. The second-order valence-electron chi connectivity index (χ2n) is 9.52. The van der Waals surface area contributed by atoms with Crippen molar-refractivity contribution in [1.82, 2.24) is 34.4 Å². The van der Waals surface area contributed by atoms with Gasteiger partial charge in [0, 0.05) is 31.4 Å². The summed E-state index contributed by atoms with van der Waals surface area (Å²) >= 11 is 0. The topological polar surface area (TPSA) is 131 Å². The number of sulfonamides is 1. The van der Waals surface area contributed by atoms with Gasteiger partial charge in [-0.15, -0.1) is 5.10 Å². The van der Waals surface area contributed by atoms with Gasteiger partial charge < -0.3 is 0 Å². The molecule has 3 aromatic rings. The van der Waals surface area contributed by atoms with E-state index in [4.69, 9.17) is 2.74 Å². The Hall–Kier alpha value is -4.02. The van der Waals surface area contributed by atoms with Crippen LogP contribution in [0.5, 0.6) is 0 Å². The molecule has 37 heavy (non-hydrogen) atoms. The second kappa shape index (κ2) is 8.25. The van der Waals surface area contributed by atoms with Crippen LogP contribution in [0.15, 0.2) is 46.7 Å². The lowest BCUT2D eigenvalue weighted by Gasteiger charge is -2.37. The van der Waals surface area contributed by atoms with Gasteiger partial charge in [-0.3, -0.25) is 19.3 Å². The van der Waals surface area contributed by atoms with E-state index in [9.17, 15) is 13.2 Å². The van der Waals surface area contributed by atoms with Gasteiger partial charge in [0.05, 0.1) is 44.3 Å². The predicted molar refractivity (Wildman–Crippen MR) is 134 cm³/mol. The molecule has 190 valence electrons. The number of carbonyl (C=O) groups excluding carboxylic acids is 1. The molecule has 2 aliphatic heterocycles. The van der Waals surface area contributed by atoms with Gasteiger partial charge in [0.2, 0.25) is 16.0 Å².